The van der Waals surface area contributed by atoms with Crippen LogP contribution in [0.25, 0.3) is 0 Å². The lowest BCUT2D eigenvalue weighted by Crippen LogP contribution is -2.48. The molecule has 2 atom stereocenters. The van der Waals surface area contributed by atoms with Crippen molar-refractivity contribution in [1.82, 2.24) is 10.2 Å². The zero-order valence-corrected chi connectivity index (χ0v) is 9.87. The second-order valence-corrected chi connectivity index (χ2v) is 4.95. The van der Waals surface area contributed by atoms with Gasteiger partial charge in [-0.1, -0.05) is 6.92 Å². The lowest BCUT2D eigenvalue weighted by Gasteiger charge is -2.34. The Morgan fingerprint density at radius 1 is 1.27 bits per heavy atom. The van der Waals surface area contributed by atoms with Crippen molar-refractivity contribution in [2.24, 2.45) is 5.92 Å². The summed E-state index contributed by atoms with van der Waals surface area (Å²) in [5, 5.41) is 3.65. The van der Waals surface area contributed by atoms with E-state index in [-0.39, 0.29) is 0 Å². The van der Waals surface area contributed by atoms with E-state index in [1.165, 1.54) is 38.9 Å². The van der Waals surface area contributed by atoms with Gasteiger partial charge in [-0.15, -0.1) is 0 Å². The van der Waals surface area contributed by atoms with Gasteiger partial charge in [0.05, 0.1) is 6.61 Å². The van der Waals surface area contributed by atoms with E-state index in [4.69, 9.17) is 4.74 Å². The molecule has 0 bridgehead atoms. The second-order valence-electron chi connectivity index (χ2n) is 4.95. The van der Waals surface area contributed by atoms with Gasteiger partial charge < -0.3 is 10.1 Å². The van der Waals surface area contributed by atoms with E-state index >= 15 is 0 Å². The molecule has 0 radical (unpaired) electrons. The zero-order valence-electron chi connectivity index (χ0n) is 9.87. The zero-order chi connectivity index (χ0) is 10.5. The SMILES string of the molecule is CC1CCCNC1CN1CCCOCC1. The molecular weight excluding hydrogens is 188 g/mol. The monoisotopic (exact) mass is 212 g/mol. The van der Waals surface area contributed by atoms with Gasteiger partial charge in [-0.3, -0.25) is 4.90 Å². The molecular formula is C12H24N2O. The van der Waals surface area contributed by atoms with E-state index in [9.17, 15) is 0 Å². The highest BCUT2D eigenvalue weighted by Gasteiger charge is 2.23. The third kappa shape index (κ3) is 3.44. The molecule has 2 fully saturated rings. The van der Waals surface area contributed by atoms with Gasteiger partial charge in [0.2, 0.25) is 0 Å². The largest absolute Gasteiger partial charge is 0.380 e. The summed E-state index contributed by atoms with van der Waals surface area (Å²) in [6, 6.07) is 0.705. The van der Waals surface area contributed by atoms with Crippen molar-refractivity contribution in [2.45, 2.75) is 32.2 Å². The molecule has 1 N–H and O–H groups in total. The number of rotatable bonds is 2. The molecule has 15 heavy (non-hydrogen) atoms. The van der Waals surface area contributed by atoms with Gasteiger partial charge in [-0.05, 0) is 31.7 Å². The average molecular weight is 212 g/mol. The van der Waals surface area contributed by atoms with Crippen LogP contribution in [-0.2, 0) is 4.74 Å². The summed E-state index contributed by atoms with van der Waals surface area (Å²) in [7, 11) is 0. The lowest BCUT2D eigenvalue weighted by molar-refractivity contribution is 0.135. The Morgan fingerprint density at radius 3 is 3.07 bits per heavy atom. The van der Waals surface area contributed by atoms with Crippen LogP contribution in [0.3, 0.4) is 0 Å². The molecule has 2 aliphatic rings. The topological polar surface area (TPSA) is 24.5 Å². The molecule has 2 unspecified atom stereocenters. The Bertz CT molecular complexity index is 178. The Balaban J connectivity index is 1.78. The summed E-state index contributed by atoms with van der Waals surface area (Å²) < 4.78 is 5.48. The highest BCUT2D eigenvalue weighted by molar-refractivity contribution is 4.81. The van der Waals surface area contributed by atoms with Gasteiger partial charge >= 0.3 is 0 Å². The third-order valence-electron chi connectivity index (χ3n) is 3.70. The number of piperidine rings is 1. The Morgan fingerprint density at radius 2 is 2.20 bits per heavy atom. The molecule has 0 aromatic heterocycles. The number of hydrogen-bond donors (Lipinski definition) is 1. The van der Waals surface area contributed by atoms with E-state index in [0.29, 0.717) is 6.04 Å². The molecule has 0 aliphatic carbocycles. The van der Waals surface area contributed by atoms with Crippen LogP contribution in [-0.4, -0.2) is 50.3 Å². The van der Waals surface area contributed by atoms with E-state index in [1.54, 1.807) is 0 Å². The second kappa shape index (κ2) is 5.83. The first kappa shape index (κ1) is 11.4. The van der Waals surface area contributed by atoms with E-state index in [2.05, 4.69) is 17.1 Å². The first-order chi connectivity index (χ1) is 7.36. The van der Waals surface area contributed by atoms with Crippen LogP contribution in [0.5, 0.6) is 0 Å². The summed E-state index contributed by atoms with van der Waals surface area (Å²) >= 11 is 0. The van der Waals surface area contributed by atoms with Crippen molar-refractivity contribution >= 4 is 0 Å². The van der Waals surface area contributed by atoms with Crippen molar-refractivity contribution in [1.29, 1.82) is 0 Å². The van der Waals surface area contributed by atoms with Gasteiger partial charge in [0.15, 0.2) is 0 Å². The minimum absolute atomic E-state index is 0.705. The molecule has 0 spiro atoms. The predicted molar refractivity (Wildman–Crippen MR) is 62.1 cm³/mol. The van der Waals surface area contributed by atoms with Crippen LogP contribution in [0.1, 0.15) is 26.2 Å². The molecule has 0 aromatic carbocycles. The molecule has 2 aliphatic heterocycles. The summed E-state index contributed by atoms with van der Waals surface area (Å²) in [6.07, 6.45) is 3.93. The smallest absolute Gasteiger partial charge is 0.0593 e. The van der Waals surface area contributed by atoms with Gasteiger partial charge in [0.25, 0.3) is 0 Å². The maximum Gasteiger partial charge on any atom is 0.0593 e. The van der Waals surface area contributed by atoms with Crippen LogP contribution in [0, 0.1) is 5.92 Å². The van der Waals surface area contributed by atoms with Crippen molar-refractivity contribution in [3.8, 4) is 0 Å². The minimum Gasteiger partial charge on any atom is -0.380 e. The number of nitrogens with one attached hydrogen (secondary N) is 1. The van der Waals surface area contributed by atoms with Crippen molar-refractivity contribution in [2.75, 3.05) is 39.4 Å². The van der Waals surface area contributed by atoms with Crippen LogP contribution in [0.15, 0.2) is 0 Å². The van der Waals surface area contributed by atoms with Crippen LogP contribution in [0.4, 0.5) is 0 Å². The fraction of sp³-hybridized carbons (Fsp3) is 1.00. The molecule has 3 heteroatoms. The summed E-state index contributed by atoms with van der Waals surface area (Å²) in [4.78, 5) is 2.56. The average Bonchev–Trinajstić information content (AvgIpc) is 2.50. The van der Waals surface area contributed by atoms with Crippen LogP contribution in [0.2, 0.25) is 0 Å². The first-order valence-electron chi connectivity index (χ1n) is 6.40. The summed E-state index contributed by atoms with van der Waals surface area (Å²) in [5.41, 5.74) is 0. The van der Waals surface area contributed by atoms with Crippen LogP contribution >= 0.6 is 0 Å². The standard InChI is InChI=1S/C12H24N2O/c1-11-4-2-5-13-12(11)10-14-6-3-8-15-9-7-14/h11-13H,2-10H2,1H3. The highest BCUT2D eigenvalue weighted by Crippen LogP contribution is 2.16. The summed E-state index contributed by atoms with van der Waals surface area (Å²) in [6.45, 7) is 9.00. The number of nitrogens with zero attached hydrogens (tertiary/aromatic N) is 1. The van der Waals surface area contributed by atoms with Crippen molar-refractivity contribution in [3.63, 3.8) is 0 Å². The van der Waals surface area contributed by atoms with Crippen LogP contribution < -0.4 is 5.32 Å². The maximum absolute atomic E-state index is 5.48. The Hall–Kier alpha value is -0.120. The molecule has 0 amide bonds. The fourth-order valence-corrected chi connectivity index (χ4v) is 2.62. The fourth-order valence-electron chi connectivity index (χ4n) is 2.62. The van der Waals surface area contributed by atoms with Crippen molar-refractivity contribution < 1.29 is 4.74 Å². The highest BCUT2D eigenvalue weighted by atomic mass is 16.5. The molecule has 0 saturated carbocycles. The molecule has 2 heterocycles. The Kier molecular flexibility index (Phi) is 4.42. The minimum atomic E-state index is 0.705. The summed E-state index contributed by atoms with van der Waals surface area (Å²) in [5.74, 6) is 0.836. The number of hydrogen-bond acceptors (Lipinski definition) is 3. The third-order valence-corrected chi connectivity index (χ3v) is 3.70. The molecule has 88 valence electrons. The lowest BCUT2D eigenvalue weighted by atomic mass is 9.92. The maximum atomic E-state index is 5.48. The predicted octanol–water partition coefficient (Wildman–Crippen LogP) is 1.10. The molecule has 0 aromatic rings. The van der Waals surface area contributed by atoms with Gasteiger partial charge in [0.1, 0.15) is 0 Å². The quantitative estimate of drug-likeness (QED) is 0.742. The van der Waals surface area contributed by atoms with Crippen molar-refractivity contribution in [3.05, 3.63) is 0 Å². The number of ether oxygens (including phenoxy) is 1. The van der Waals surface area contributed by atoms with Gasteiger partial charge in [0, 0.05) is 32.3 Å². The van der Waals surface area contributed by atoms with E-state index in [1.807, 2.05) is 0 Å². The molecule has 2 saturated heterocycles. The first-order valence-corrected chi connectivity index (χ1v) is 6.40. The van der Waals surface area contributed by atoms with E-state index < -0.39 is 0 Å². The normalized spacial score (nSPS) is 35.0. The van der Waals surface area contributed by atoms with E-state index in [0.717, 1.165) is 25.7 Å². The Labute approximate surface area is 93.2 Å². The molecule has 3 nitrogen and oxygen atoms in total. The van der Waals surface area contributed by atoms with Gasteiger partial charge in [-0.2, -0.15) is 0 Å². The van der Waals surface area contributed by atoms with Gasteiger partial charge in [-0.25, -0.2) is 0 Å². The molecule has 2 rings (SSSR count).